The van der Waals surface area contributed by atoms with Crippen molar-refractivity contribution in [3.63, 3.8) is 0 Å². The standard InChI is InChI=1S/C29H33N3O2/c1-4-32(5-2)16-10-9-13-27(33)28-20(3)17-23(30-28)19-25-24-15-14-22(18-26(24)31-29(25)34)21-11-7-6-8-12-21/h6-8,11-12,14-15,17-19,30H,4-5,9-10,13,16H2,1-3H3,(H,31,34)/b25-19-. The van der Waals surface area contributed by atoms with E-state index >= 15 is 0 Å². The smallest absolute Gasteiger partial charge is 0.256 e. The fourth-order valence-corrected chi connectivity index (χ4v) is 4.54. The number of H-pyrrole nitrogens is 1. The number of aromatic amines is 1. The molecule has 1 amide bonds. The lowest BCUT2D eigenvalue weighted by atomic mass is 10.00. The molecule has 0 radical (unpaired) electrons. The summed E-state index contributed by atoms with van der Waals surface area (Å²) in [5.74, 6) is 0.00205. The first-order chi connectivity index (χ1) is 16.5. The second-order valence-corrected chi connectivity index (χ2v) is 8.83. The number of carbonyl (C=O) groups excluding carboxylic acids is 2. The zero-order chi connectivity index (χ0) is 24.1. The molecule has 5 heteroatoms. The van der Waals surface area contributed by atoms with E-state index in [-0.39, 0.29) is 11.7 Å². The Balaban J connectivity index is 1.47. The molecule has 2 aromatic carbocycles. The van der Waals surface area contributed by atoms with Crippen molar-refractivity contribution in [1.29, 1.82) is 0 Å². The summed E-state index contributed by atoms with van der Waals surface area (Å²) in [6.07, 6.45) is 4.27. The number of aromatic nitrogens is 1. The van der Waals surface area contributed by atoms with Gasteiger partial charge in [-0.05, 0) is 74.3 Å². The van der Waals surface area contributed by atoms with Crippen molar-refractivity contribution >= 4 is 29.0 Å². The molecule has 5 nitrogen and oxygen atoms in total. The molecular formula is C29H33N3O2. The van der Waals surface area contributed by atoms with E-state index in [1.165, 1.54) is 0 Å². The van der Waals surface area contributed by atoms with Crippen molar-refractivity contribution in [3.8, 4) is 11.1 Å². The average Bonchev–Trinajstić information content (AvgIpc) is 3.38. The van der Waals surface area contributed by atoms with Crippen LogP contribution >= 0.6 is 0 Å². The van der Waals surface area contributed by atoms with Gasteiger partial charge in [-0.25, -0.2) is 0 Å². The molecule has 0 aliphatic carbocycles. The van der Waals surface area contributed by atoms with Crippen LogP contribution in [-0.4, -0.2) is 41.2 Å². The predicted octanol–water partition coefficient (Wildman–Crippen LogP) is 6.18. The van der Waals surface area contributed by atoms with E-state index in [4.69, 9.17) is 0 Å². The first kappa shape index (κ1) is 23.7. The molecule has 0 unspecified atom stereocenters. The van der Waals surface area contributed by atoms with Gasteiger partial charge in [0.2, 0.25) is 0 Å². The molecule has 0 fully saturated rings. The maximum absolute atomic E-state index is 12.8. The Hall–Kier alpha value is -3.44. The number of rotatable bonds is 10. The number of ketones is 1. The van der Waals surface area contributed by atoms with Gasteiger partial charge in [-0.3, -0.25) is 9.59 Å². The molecule has 0 bridgehead atoms. The third-order valence-corrected chi connectivity index (χ3v) is 6.55. The third kappa shape index (κ3) is 5.20. The second kappa shape index (κ2) is 10.7. The number of amides is 1. The molecule has 34 heavy (non-hydrogen) atoms. The molecule has 1 aliphatic heterocycles. The lowest BCUT2D eigenvalue weighted by Crippen LogP contribution is -2.24. The summed E-state index contributed by atoms with van der Waals surface area (Å²) in [7, 11) is 0. The number of Topliss-reactive ketones (excluding diaryl/α,β-unsaturated/α-hetero) is 1. The summed E-state index contributed by atoms with van der Waals surface area (Å²) in [4.78, 5) is 31.1. The number of carbonyl (C=O) groups is 2. The van der Waals surface area contributed by atoms with Crippen LogP contribution in [0.15, 0.2) is 54.6 Å². The number of benzene rings is 2. The number of fused-ring (bicyclic) bond motifs is 1. The Kier molecular flexibility index (Phi) is 7.43. The van der Waals surface area contributed by atoms with Gasteiger partial charge in [0.1, 0.15) is 0 Å². The molecule has 0 saturated carbocycles. The minimum Gasteiger partial charge on any atom is -0.352 e. The van der Waals surface area contributed by atoms with Gasteiger partial charge in [0, 0.05) is 23.4 Å². The van der Waals surface area contributed by atoms with Gasteiger partial charge in [-0.15, -0.1) is 0 Å². The largest absolute Gasteiger partial charge is 0.352 e. The maximum Gasteiger partial charge on any atom is 0.256 e. The first-order valence-corrected chi connectivity index (χ1v) is 12.2. The summed E-state index contributed by atoms with van der Waals surface area (Å²) in [6.45, 7) is 9.39. The number of aryl methyl sites for hydroxylation is 1. The zero-order valence-electron chi connectivity index (χ0n) is 20.3. The lowest BCUT2D eigenvalue weighted by molar-refractivity contribution is -0.110. The molecule has 1 aliphatic rings. The number of nitrogens with one attached hydrogen (secondary N) is 2. The Bertz CT molecular complexity index is 1200. The molecule has 0 atom stereocenters. The van der Waals surface area contributed by atoms with Gasteiger partial charge in [0.05, 0.1) is 11.3 Å². The predicted molar refractivity (Wildman–Crippen MR) is 140 cm³/mol. The first-order valence-electron chi connectivity index (χ1n) is 12.2. The van der Waals surface area contributed by atoms with Crippen molar-refractivity contribution in [2.75, 3.05) is 25.0 Å². The van der Waals surface area contributed by atoms with Crippen LogP contribution in [0.5, 0.6) is 0 Å². The quantitative estimate of drug-likeness (QED) is 0.218. The number of nitrogens with zero attached hydrogens (tertiary/aromatic N) is 1. The minimum absolute atomic E-state index is 0.128. The van der Waals surface area contributed by atoms with Crippen molar-refractivity contribution in [3.05, 3.63) is 77.1 Å². The number of anilines is 1. The van der Waals surface area contributed by atoms with Crippen LogP contribution in [0, 0.1) is 6.92 Å². The van der Waals surface area contributed by atoms with Crippen molar-refractivity contribution < 1.29 is 9.59 Å². The fraction of sp³-hybridized carbons (Fsp3) is 0.310. The van der Waals surface area contributed by atoms with Crippen molar-refractivity contribution in [2.24, 2.45) is 0 Å². The van der Waals surface area contributed by atoms with Gasteiger partial charge in [0.15, 0.2) is 5.78 Å². The zero-order valence-corrected chi connectivity index (χ0v) is 20.3. The third-order valence-electron chi connectivity index (χ3n) is 6.55. The molecule has 3 aromatic rings. The Morgan fingerprint density at radius 3 is 2.47 bits per heavy atom. The minimum atomic E-state index is -0.128. The molecule has 176 valence electrons. The van der Waals surface area contributed by atoms with E-state index in [9.17, 15) is 9.59 Å². The van der Waals surface area contributed by atoms with Crippen LogP contribution in [0.4, 0.5) is 5.69 Å². The summed E-state index contributed by atoms with van der Waals surface area (Å²) >= 11 is 0. The van der Waals surface area contributed by atoms with E-state index in [0.29, 0.717) is 17.7 Å². The summed E-state index contributed by atoms with van der Waals surface area (Å²) in [5, 5.41) is 2.98. The van der Waals surface area contributed by atoms with Crippen LogP contribution in [0.25, 0.3) is 22.8 Å². The van der Waals surface area contributed by atoms with E-state index in [0.717, 1.165) is 66.1 Å². The monoisotopic (exact) mass is 455 g/mol. The second-order valence-electron chi connectivity index (χ2n) is 8.83. The highest BCUT2D eigenvalue weighted by molar-refractivity contribution is 6.35. The SMILES string of the molecule is CCN(CC)CCCCC(=O)c1[nH]c(/C=C2\C(=O)Nc3cc(-c4ccccc4)ccc32)cc1C. The summed E-state index contributed by atoms with van der Waals surface area (Å²) in [6, 6.07) is 18.1. The molecular weight excluding hydrogens is 422 g/mol. The Morgan fingerprint density at radius 2 is 1.74 bits per heavy atom. The number of unbranched alkanes of at least 4 members (excludes halogenated alkanes) is 1. The molecule has 1 aromatic heterocycles. The molecule has 4 rings (SSSR count). The van der Waals surface area contributed by atoms with Gasteiger partial charge in [-0.1, -0.05) is 56.3 Å². The maximum atomic E-state index is 12.8. The van der Waals surface area contributed by atoms with Gasteiger partial charge < -0.3 is 15.2 Å². The van der Waals surface area contributed by atoms with Crippen LogP contribution < -0.4 is 5.32 Å². The average molecular weight is 456 g/mol. The van der Waals surface area contributed by atoms with E-state index < -0.39 is 0 Å². The van der Waals surface area contributed by atoms with E-state index in [2.05, 4.69) is 41.2 Å². The molecule has 0 saturated heterocycles. The molecule has 0 spiro atoms. The van der Waals surface area contributed by atoms with Gasteiger partial charge >= 0.3 is 0 Å². The summed E-state index contributed by atoms with van der Waals surface area (Å²) in [5.41, 5.74) is 6.80. The van der Waals surface area contributed by atoms with Crippen LogP contribution in [0.3, 0.4) is 0 Å². The fourth-order valence-electron chi connectivity index (χ4n) is 4.54. The topological polar surface area (TPSA) is 65.2 Å². The Labute approximate surface area is 201 Å². The Morgan fingerprint density at radius 1 is 0.971 bits per heavy atom. The van der Waals surface area contributed by atoms with E-state index in [1.54, 1.807) is 0 Å². The number of hydrogen-bond acceptors (Lipinski definition) is 3. The lowest BCUT2D eigenvalue weighted by Gasteiger charge is -2.17. The highest BCUT2D eigenvalue weighted by atomic mass is 16.2. The highest BCUT2D eigenvalue weighted by Crippen LogP contribution is 2.36. The van der Waals surface area contributed by atoms with Crippen LogP contribution in [0.2, 0.25) is 0 Å². The van der Waals surface area contributed by atoms with Crippen LogP contribution in [-0.2, 0) is 4.79 Å². The van der Waals surface area contributed by atoms with E-state index in [1.807, 2.05) is 55.5 Å². The highest BCUT2D eigenvalue weighted by Gasteiger charge is 2.25. The normalized spacial score (nSPS) is 14.0. The van der Waals surface area contributed by atoms with Crippen molar-refractivity contribution in [2.45, 2.75) is 40.0 Å². The van der Waals surface area contributed by atoms with Crippen molar-refractivity contribution in [1.82, 2.24) is 9.88 Å². The molecule has 2 heterocycles. The van der Waals surface area contributed by atoms with Gasteiger partial charge in [-0.2, -0.15) is 0 Å². The number of hydrogen-bond donors (Lipinski definition) is 2. The van der Waals surface area contributed by atoms with Crippen LogP contribution in [0.1, 0.15) is 60.4 Å². The molecule has 2 N–H and O–H groups in total. The van der Waals surface area contributed by atoms with Gasteiger partial charge in [0.25, 0.3) is 5.91 Å². The summed E-state index contributed by atoms with van der Waals surface area (Å²) < 4.78 is 0.